The molecule has 2 aromatic heterocycles. The molecule has 0 amide bonds. The van der Waals surface area contributed by atoms with Crippen LogP contribution in [0.2, 0.25) is 0 Å². The number of nitrogens with one attached hydrogen (secondary N) is 2. The zero-order valence-electron chi connectivity index (χ0n) is 16.0. The van der Waals surface area contributed by atoms with Crippen LogP contribution in [0.5, 0.6) is 0 Å². The fraction of sp³-hybridized carbons (Fsp3) is 0.364. The summed E-state index contributed by atoms with van der Waals surface area (Å²) in [6, 6.07) is 10.5. The van der Waals surface area contributed by atoms with Crippen molar-refractivity contribution in [1.29, 1.82) is 0 Å². The van der Waals surface area contributed by atoms with E-state index in [1.807, 2.05) is 12.3 Å². The number of hydrogen-bond acceptors (Lipinski definition) is 7. The highest BCUT2D eigenvalue weighted by Crippen LogP contribution is 2.64. The third kappa shape index (κ3) is 2.06. The second-order valence-corrected chi connectivity index (χ2v) is 9.97. The molecule has 2 aromatic carbocycles. The first-order valence-electron chi connectivity index (χ1n) is 10.3. The average molecular weight is 420 g/mol. The molecular formula is C22H21N5O2S. The van der Waals surface area contributed by atoms with Crippen molar-refractivity contribution < 1.29 is 10.2 Å². The van der Waals surface area contributed by atoms with Crippen molar-refractivity contribution in [2.75, 3.05) is 11.1 Å². The second-order valence-electron chi connectivity index (χ2n) is 8.91. The van der Waals surface area contributed by atoms with Crippen LogP contribution in [0.4, 0.5) is 10.8 Å². The SMILES string of the molecule is Nc1nc2ccc([C@@H]3Nc4ccc5[nH]ncc5c4[C@H]4C5CC([C@@H]34)[C@H](O)[C@@H]5O)cc2s1. The molecule has 2 aliphatic carbocycles. The van der Waals surface area contributed by atoms with Crippen molar-refractivity contribution in [3.8, 4) is 0 Å². The highest BCUT2D eigenvalue weighted by molar-refractivity contribution is 7.22. The number of aromatic nitrogens is 3. The Balaban J connectivity index is 1.44. The van der Waals surface area contributed by atoms with Crippen LogP contribution in [0.25, 0.3) is 21.1 Å². The molecule has 0 radical (unpaired) electrons. The number of hydrogen-bond donors (Lipinski definition) is 5. The second kappa shape index (κ2) is 5.72. The van der Waals surface area contributed by atoms with Gasteiger partial charge in [-0.2, -0.15) is 5.10 Å². The number of nitrogens with zero attached hydrogens (tertiary/aromatic N) is 2. The fourth-order valence-electron chi connectivity index (χ4n) is 6.50. The maximum absolute atomic E-state index is 10.8. The number of H-pyrrole nitrogens is 1. The molecule has 1 aliphatic heterocycles. The van der Waals surface area contributed by atoms with E-state index in [1.54, 1.807) is 0 Å². The monoisotopic (exact) mass is 419 g/mol. The number of aliphatic hydroxyl groups excluding tert-OH is 2. The molecule has 4 aromatic rings. The lowest BCUT2D eigenvalue weighted by Crippen LogP contribution is -2.46. The Morgan fingerprint density at radius 1 is 1.10 bits per heavy atom. The molecule has 0 spiro atoms. The molecule has 0 saturated heterocycles. The quantitative estimate of drug-likeness (QED) is 0.324. The van der Waals surface area contributed by atoms with Crippen molar-refractivity contribution in [3.63, 3.8) is 0 Å². The van der Waals surface area contributed by atoms with Gasteiger partial charge in [-0.25, -0.2) is 4.98 Å². The first-order chi connectivity index (χ1) is 14.6. The average Bonchev–Trinajstić information content (AvgIpc) is 3.50. The van der Waals surface area contributed by atoms with Crippen molar-refractivity contribution >= 4 is 43.3 Å². The first-order valence-corrected chi connectivity index (χ1v) is 11.2. The van der Waals surface area contributed by atoms with E-state index in [4.69, 9.17) is 5.73 Å². The fourth-order valence-corrected chi connectivity index (χ4v) is 7.28. The van der Waals surface area contributed by atoms with Gasteiger partial charge in [-0.05, 0) is 65.5 Å². The highest BCUT2D eigenvalue weighted by atomic mass is 32.1. The largest absolute Gasteiger partial charge is 0.390 e. The third-order valence-corrected chi connectivity index (χ3v) is 8.47. The summed E-state index contributed by atoms with van der Waals surface area (Å²) >= 11 is 1.50. The van der Waals surface area contributed by atoms with Gasteiger partial charge in [0, 0.05) is 11.1 Å². The summed E-state index contributed by atoms with van der Waals surface area (Å²) < 4.78 is 1.07. The molecule has 152 valence electrons. The van der Waals surface area contributed by atoms with E-state index in [9.17, 15) is 10.2 Å². The van der Waals surface area contributed by atoms with Gasteiger partial charge >= 0.3 is 0 Å². The van der Waals surface area contributed by atoms with Gasteiger partial charge in [0.15, 0.2) is 5.13 Å². The molecule has 3 aliphatic rings. The Kier molecular flexibility index (Phi) is 3.25. The van der Waals surface area contributed by atoms with Gasteiger partial charge in [0.2, 0.25) is 0 Å². The minimum Gasteiger partial charge on any atom is -0.390 e. The molecule has 30 heavy (non-hydrogen) atoms. The number of thiazole rings is 1. The lowest BCUT2D eigenvalue weighted by Gasteiger charge is -2.46. The summed E-state index contributed by atoms with van der Waals surface area (Å²) in [5.41, 5.74) is 11.3. The minimum atomic E-state index is -0.673. The third-order valence-electron chi connectivity index (χ3n) is 7.63. The number of fused-ring (bicyclic) bond motifs is 10. The number of nitrogen functional groups attached to an aromatic ring is 1. The van der Waals surface area contributed by atoms with Gasteiger partial charge < -0.3 is 21.3 Å². The smallest absolute Gasteiger partial charge is 0.181 e. The van der Waals surface area contributed by atoms with Crippen LogP contribution >= 0.6 is 11.3 Å². The highest BCUT2D eigenvalue weighted by Gasteiger charge is 2.61. The van der Waals surface area contributed by atoms with Gasteiger partial charge in [-0.3, -0.25) is 5.10 Å². The predicted octanol–water partition coefficient (Wildman–Crippen LogP) is 2.99. The van der Waals surface area contributed by atoms with E-state index in [-0.39, 0.29) is 29.7 Å². The molecule has 8 heteroatoms. The summed E-state index contributed by atoms with van der Waals surface area (Å²) in [5, 5.41) is 34.3. The standard InChI is InChI=1S/C22H21N5O2S/c23-22-26-13-2-1-8(5-15(13)30-22)19-18-10-6-9(20(28)21(10)29)17(18)16-11-7-24-27-12(11)3-4-14(16)25-19/h1-5,7,9-10,17-21,25,28-29H,6H2,(H2,23,26)(H,24,27)/t9?,10?,17-,18-,19+,20-,21+/m1/s1. The van der Waals surface area contributed by atoms with E-state index >= 15 is 0 Å². The molecule has 2 unspecified atom stereocenters. The van der Waals surface area contributed by atoms with E-state index in [2.05, 4.69) is 44.8 Å². The molecule has 7 nitrogen and oxygen atoms in total. The number of rotatable bonds is 1. The van der Waals surface area contributed by atoms with Gasteiger partial charge in [-0.1, -0.05) is 17.4 Å². The van der Waals surface area contributed by atoms with Crippen LogP contribution in [-0.4, -0.2) is 37.6 Å². The Morgan fingerprint density at radius 3 is 2.87 bits per heavy atom. The van der Waals surface area contributed by atoms with Crippen LogP contribution in [0, 0.1) is 17.8 Å². The molecule has 2 bridgehead atoms. The Bertz CT molecular complexity index is 1320. The summed E-state index contributed by atoms with van der Waals surface area (Å²) in [7, 11) is 0. The minimum absolute atomic E-state index is 0.0525. The zero-order valence-corrected chi connectivity index (χ0v) is 16.8. The van der Waals surface area contributed by atoms with E-state index in [0.29, 0.717) is 5.13 Å². The molecule has 7 rings (SSSR count). The van der Waals surface area contributed by atoms with Gasteiger partial charge in [0.25, 0.3) is 0 Å². The van der Waals surface area contributed by atoms with Crippen LogP contribution in [0.3, 0.4) is 0 Å². The van der Waals surface area contributed by atoms with Crippen molar-refractivity contribution in [1.82, 2.24) is 15.2 Å². The van der Waals surface area contributed by atoms with Crippen molar-refractivity contribution in [2.45, 2.75) is 30.6 Å². The lowest BCUT2D eigenvalue weighted by atomic mass is 9.66. The van der Waals surface area contributed by atoms with Crippen LogP contribution in [-0.2, 0) is 0 Å². The number of nitrogens with two attached hydrogens (primary N) is 1. The number of aromatic amines is 1. The van der Waals surface area contributed by atoms with Crippen LogP contribution in [0.1, 0.15) is 29.5 Å². The molecule has 2 fully saturated rings. The summed E-state index contributed by atoms with van der Waals surface area (Å²) in [5.74, 6) is 0.494. The zero-order chi connectivity index (χ0) is 20.1. The van der Waals surface area contributed by atoms with Crippen LogP contribution in [0.15, 0.2) is 36.5 Å². The van der Waals surface area contributed by atoms with Crippen LogP contribution < -0.4 is 11.1 Å². The molecule has 6 N–H and O–H groups in total. The lowest BCUT2D eigenvalue weighted by molar-refractivity contribution is -0.0465. The Hall–Kier alpha value is -2.68. The summed E-state index contributed by atoms with van der Waals surface area (Å²) in [4.78, 5) is 4.38. The molecular weight excluding hydrogens is 398 g/mol. The Labute approximate surface area is 175 Å². The molecule has 2 saturated carbocycles. The van der Waals surface area contributed by atoms with Crippen molar-refractivity contribution in [3.05, 3.63) is 47.7 Å². The number of aliphatic hydroxyl groups is 2. The van der Waals surface area contributed by atoms with E-state index in [0.717, 1.165) is 33.2 Å². The Morgan fingerprint density at radius 2 is 1.97 bits per heavy atom. The number of anilines is 2. The van der Waals surface area contributed by atoms with Gasteiger partial charge in [-0.15, -0.1) is 0 Å². The topological polar surface area (TPSA) is 120 Å². The summed E-state index contributed by atoms with van der Waals surface area (Å²) in [6.45, 7) is 0. The van der Waals surface area contributed by atoms with Gasteiger partial charge in [0.1, 0.15) is 0 Å². The maximum Gasteiger partial charge on any atom is 0.181 e. The molecule has 7 atom stereocenters. The van der Waals surface area contributed by atoms with E-state index in [1.165, 1.54) is 22.5 Å². The van der Waals surface area contributed by atoms with Crippen molar-refractivity contribution in [2.24, 2.45) is 17.8 Å². The predicted molar refractivity (Wildman–Crippen MR) is 116 cm³/mol. The van der Waals surface area contributed by atoms with Gasteiger partial charge in [0.05, 0.1) is 40.2 Å². The first kappa shape index (κ1) is 17.0. The van der Waals surface area contributed by atoms with E-state index < -0.39 is 12.2 Å². The maximum atomic E-state index is 10.8. The number of benzene rings is 2. The normalized spacial score (nSPS) is 34.3. The molecule has 3 heterocycles. The summed E-state index contributed by atoms with van der Waals surface area (Å²) in [6.07, 6.45) is 1.38.